The quantitative estimate of drug-likeness (QED) is 0.105. The number of esters is 2. The Morgan fingerprint density at radius 1 is 0.812 bits per heavy atom. The summed E-state index contributed by atoms with van der Waals surface area (Å²) in [6.45, 7) is 12.0. The fraction of sp³-hybridized carbons (Fsp3) is 0.436. The number of piperidine rings is 1. The second-order valence-corrected chi connectivity index (χ2v) is 13.2. The molecule has 1 unspecified atom stereocenters. The standard InChI is InChI=1S/C39H47NO8/c1-6-34(30-14-19-35-36(22-30)46-26-45-35)37(29-12-17-32(18-13-29)44-25-47-38(42)39(3,4)5)28-10-15-31(16-11-28)43-24-33(48-27(2)41)23-40-20-8-7-9-21-40/h10-19,22,33H,6-9,20-21,23-26H2,1-5H3/b37-34+. The van der Waals surface area contributed by atoms with E-state index >= 15 is 0 Å². The maximum atomic E-state index is 12.1. The molecule has 0 aromatic heterocycles. The molecule has 0 N–H and O–H groups in total. The molecule has 3 aromatic carbocycles. The van der Waals surface area contributed by atoms with Crippen molar-refractivity contribution in [2.45, 2.75) is 66.4 Å². The van der Waals surface area contributed by atoms with Gasteiger partial charge in [0, 0.05) is 13.5 Å². The van der Waals surface area contributed by atoms with Crippen LogP contribution in [-0.4, -0.2) is 62.8 Å². The van der Waals surface area contributed by atoms with Crippen molar-refractivity contribution in [1.82, 2.24) is 4.90 Å². The Kier molecular flexibility index (Phi) is 11.7. The van der Waals surface area contributed by atoms with Gasteiger partial charge >= 0.3 is 11.9 Å². The van der Waals surface area contributed by atoms with Crippen LogP contribution in [0.2, 0.25) is 0 Å². The molecule has 1 fully saturated rings. The Bertz CT molecular complexity index is 1570. The first-order chi connectivity index (χ1) is 23.1. The zero-order valence-electron chi connectivity index (χ0n) is 28.7. The smallest absolute Gasteiger partial charge is 0.314 e. The Labute approximate surface area is 283 Å². The maximum absolute atomic E-state index is 12.1. The minimum Gasteiger partial charge on any atom is -0.490 e. The van der Waals surface area contributed by atoms with Gasteiger partial charge in [0.05, 0.1) is 5.41 Å². The number of carbonyl (C=O) groups is 2. The average Bonchev–Trinajstić information content (AvgIpc) is 3.55. The van der Waals surface area contributed by atoms with Crippen molar-refractivity contribution >= 4 is 23.1 Å². The molecular formula is C39H47NO8. The van der Waals surface area contributed by atoms with Gasteiger partial charge in [-0.05, 0) is 117 Å². The van der Waals surface area contributed by atoms with Gasteiger partial charge in [0.15, 0.2) is 11.5 Å². The molecule has 0 bridgehead atoms. The fourth-order valence-corrected chi connectivity index (χ4v) is 5.91. The third-order valence-electron chi connectivity index (χ3n) is 8.37. The van der Waals surface area contributed by atoms with Crippen molar-refractivity contribution in [3.63, 3.8) is 0 Å². The van der Waals surface area contributed by atoms with Crippen LogP contribution in [0.15, 0.2) is 66.7 Å². The lowest BCUT2D eigenvalue weighted by Gasteiger charge is -2.30. The number of likely N-dealkylation sites (tertiary alicyclic amines) is 1. The molecule has 0 spiro atoms. The predicted molar refractivity (Wildman–Crippen MR) is 184 cm³/mol. The Morgan fingerprint density at radius 3 is 2.02 bits per heavy atom. The minimum absolute atomic E-state index is 0.159. The molecular weight excluding hydrogens is 610 g/mol. The molecule has 0 saturated carbocycles. The molecule has 3 aromatic rings. The lowest BCUT2D eigenvalue weighted by Crippen LogP contribution is -2.40. The number of rotatable bonds is 13. The molecule has 0 radical (unpaired) electrons. The molecule has 2 heterocycles. The molecule has 0 aliphatic carbocycles. The number of allylic oxidation sites excluding steroid dienone is 1. The number of hydrogen-bond acceptors (Lipinski definition) is 9. The topological polar surface area (TPSA) is 92.8 Å². The Morgan fingerprint density at radius 2 is 1.42 bits per heavy atom. The highest BCUT2D eigenvalue weighted by Crippen LogP contribution is 2.40. The monoisotopic (exact) mass is 657 g/mol. The van der Waals surface area contributed by atoms with E-state index in [4.69, 9.17) is 28.4 Å². The minimum atomic E-state index is -0.601. The van der Waals surface area contributed by atoms with Gasteiger partial charge in [-0.1, -0.05) is 43.7 Å². The Hall–Kier alpha value is -4.50. The second-order valence-electron chi connectivity index (χ2n) is 13.2. The number of ether oxygens (including phenoxy) is 6. The number of carbonyl (C=O) groups excluding carboxylic acids is 2. The molecule has 0 amide bonds. The van der Waals surface area contributed by atoms with Crippen molar-refractivity contribution in [2.24, 2.45) is 5.41 Å². The van der Waals surface area contributed by atoms with Gasteiger partial charge in [0.1, 0.15) is 24.2 Å². The van der Waals surface area contributed by atoms with E-state index in [2.05, 4.69) is 30.0 Å². The first kappa shape index (κ1) is 34.8. The van der Waals surface area contributed by atoms with Crippen molar-refractivity contribution in [3.8, 4) is 23.0 Å². The third-order valence-corrected chi connectivity index (χ3v) is 8.37. The van der Waals surface area contributed by atoms with E-state index in [9.17, 15) is 9.59 Å². The van der Waals surface area contributed by atoms with E-state index in [1.54, 1.807) is 20.8 Å². The van der Waals surface area contributed by atoms with Crippen LogP contribution in [0.25, 0.3) is 11.1 Å². The van der Waals surface area contributed by atoms with E-state index in [1.165, 1.54) is 26.2 Å². The summed E-state index contributed by atoms with van der Waals surface area (Å²) in [5.74, 6) is 2.13. The molecule has 2 aliphatic rings. The summed E-state index contributed by atoms with van der Waals surface area (Å²) < 4.78 is 34.0. The number of benzene rings is 3. The zero-order valence-corrected chi connectivity index (χ0v) is 28.7. The van der Waals surface area contributed by atoms with Crippen molar-refractivity contribution in [1.29, 1.82) is 0 Å². The number of nitrogens with zero attached hydrogens (tertiary/aromatic N) is 1. The molecule has 1 saturated heterocycles. The zero-order chi connectivity index (χ0) is 34.1. The summed E-state index contributed by atoms with van der Waals surface area (Å²) in [6, 6.07) is 21.8. The van der Waals surface area contributed by atoms with Gasteiger partial charge in [0.2, 0.25) is 13.6 Å². The van der Waals surface area contributed by atoms with Crippen LogP contribution < -0.4 is 18.9 Å². The largest absolute Gasteiger partial charge is 0.490 e. The summed E-state index contributed by atoms with van der Waals surface area (Å²) in [5.41, 5.74) is 4.62. The average molecular weight is 658 g/mol. The van der Waals surface area contributed by atoms with E-state index in [1.807, 2.05) is 48.5 Å². The lowest BCUT2D eigenvalue weighted by atomic mass is 9.88. The fourth-order valence-electron chi connectivity index (χ4n) is 5.91. The van der Waals surface area contributed by atoms with Crippen LogP contribution in [-0.2, 0) is 19.1 Å². The Balaban J connectivity index is 1.38. The van der Waals surface area contributed by atoms with Crippen molar-refractivity contribution in [2.75, 3.05) is 39.8 Å². The highest BCUT2D eigenvalue weighted by molar-refractivity contribution is 5.99. The maximum Gasteiger partial charge on any atom is 0.314 e. The first-order valence-electron chi connectivity index (χ1n) is 16.8. The first-order valence-corrected chi connectivity index (χ1v) is 16.8. The van der Waals surface area contributed by atoms with Crippen LogP contribution in [0.3, 0.4) is 0 Å². The molecule has 5 rings (SSSR count). The third kappa shape index (κ3) is 9.31. The number of fused-ring (bicyclic) bond motifs is 1. The van der Waals surface area contributed by atoms with Crippen LogP contribution >= 0.6 is 0 Å². The summed E-state index contributed by atoms with van der Waals surface area (Å²) in [6.07, 6.45) is 3.99. The van der Waals surface area contributed by atoms with Gasteiger partial charge in [-0.3, -0.25) is 14.5 Å². The molecule has 9 nitrogen and oxygen atoms in total. The summed E-state index contributed by atoms with van der Waals surface area (Å²) >= 11 is 0. The van der Waals surface area contributed by atoms with Gasteiger partial charge in [-0.2, -0.15) is 0 Å². The SMILES string of the molecule is CC/C(=C(\c1ccc(OCOC(=O)C(C)(C)C)cc1)c1ccc(OCC(CN2CCCCC2)OC(C)=O)cc1)c1ccc2c(c1)OCO2. The van der Waals surface area contributed by atoms with Crippen LogP contribution in [0, 0.1) is 5.41 Å². The summed E-state index contributed by atoms with van der Waals surface area (Å²) in [7, 11) is 0. The highest BCUT2D eigenvalue weighted by atomic mass is 16.7. The normalized spacial score (nSPS) is 15.7. The van der Waals surface area contributed by atoms with Gasteiger partial charge < -0.3 is 28.4 Å². The summed E-state index contributed by atoms with van der Waals surface area (Å²) in [5, 5.41) is 0. The molecule has 256 valence electrons. The summed E-state index contributed by atoms with van der Waals surface area (Å²) in [4.78, 5) is 26.3. The van der Waals surface area contributed by atoms with E-state index in [-0.39, 0.29) is 38.2 Å². The number of hydrogen-bond donors (Lipinski definition) is 0. The van der Waals surface area contributed by atoms with Crippen molar-refractivity contribution in [3.05, 3.63) is 83.4 Å². The molecule has 2 aliphatic heterocycles. The van der Waals surface area contributed by atoms with Crippen LogP contribution in [0.5, 0.6) is 23.0 Å². The molecule has 1 atom stereocenters. The predicted octanol–water partition coefficient (Wildman–Crippen LogP) is 7.51. The van der Waals surface area contributed by atoms with Crippen LogP contribution in [0.1, 0.15) is 77.0 Å². The van der Waals surface area contributed by atoms with E-state index in [0.29, 0.717) is 18.0 Å². The second kappa shape index (κ2) is 16.1. The molecule has 48 heavy (non-hydrogen) atoms. The van der Waals surface area contributed by atoms with Crippen molar-refractivity contribution < 1.29 is 38.0 Å². The highest BCUT2D eigenvalue weighted by Gasteiger charge is 2.24. The van der Waals surface area contributed by atoms with Gasteiger partial charge in [0.25, 0.3) is 0 Å². The van der Waals surface area contributed by atoms with Gasteiger partial charge in [-0.15, -0.1) is 0 Å². The van der Waals surface area contributed by atoms with Gasteiger partial charge in [-0.25, -0.2) is 0 Å². The van der Waals surface area contributed by atoms with E-state index in [0.717, 1.165) is 58.8 Å². The van der Waals surface area contributed by atoms with Crippen LogP contribution in [0.4, 0.5) is 0 Å². The molecule has 9 heteroatoms. The van der Waals surface area contributed by atoms with E-state index < -0.39 is 5.41 Å². The lowest BCUT2D eigenvalue weighted by molar-refractivity contribution is -0.159.